The SMILES string of the molecule is Fc1[c]c(Br)c(-c2c(F)cccc2F)cc1. The van der Waals surface area contributed by atoms with Crippen LogP contribution in [0.4, 0.5) is 13.2 Å². The monoisotopic (exact) mass is 285 g/mol. The lowest BCUT2D eigenvalue weighted by atomic mass is 10.0. The Balaban J connectivity index is 2.68. The zero-order valence-electron chi connectivity index (χ0n) is 7.90. The molecule has 16 heavy (non-hydrogen) atoms. The van der Waals surface area contributed by atoms with Gasteiger partial charge in [-0.25, -0.2) is 13.2 Å². The molecule has 0 nitrogen and oxygen atoms in total. The van der Waals surface area contributed by atoms with Gasteiger partial charge in [0.15, 0.2) is 0 Å². The molecule has 0 aliphatic rings. The van der Waals surface area contributed by atoms with E-state index in [4.69, 9.17) is 0 Å². The Labute approximate surface area is 98.9 Å². The zero-order chi connectivity index (χ0) is 11.7. The van der Waals surface area contributed by atoms with E-state index in [1.165, 1.54) is 12.1 Å². The average molecular weight is 286 g/mol. The first-order valence-electron chi connectivity index (χ1n) is 4.41. The molecule has 0 N–H and O–H groups in total. The molecule has 0 unspecified atom stereocenters. The van der Waals surface area contributed by atoms with E-state index in [0.717, 1.165) is 18.2 Å². The minimum absolute atomic E-state index is 0.189. The Kier molecular flexibility index (Phi) is 3.01. The van der Waals surface area contributed by atoms with E-state index in [1.807, 2.05) is 0 Å². The van der Waals surface area contributed by atoms with Crippen LogP contribution in [-0.2, 0) is 0 Å². The topological polar surface area (TPSA) is 0 Å². The maximum Gasteiger partial charge on any atom is 0.134 e. The van der Waals surface area contributed by atoms with Crippen LogP contribution in [0.3, 0.4) is 0 Å². The van der Waals surface area contributed by atoms with E-state index in [2.05, 4.69) is 22.0 Å². The van der Waals surface area contributed by atoms with Gasteiger partial charge >= 0.3 is 0 Å². The van der Waals surface area contributed by atoms with Crippen LogP contribution in [0.25, 0.3) is 11.1 Å². The van der Waals surface area contributed by atoms with Crippen LogP contribution in [0.5, 0.6) is 0 Å². The van der Waals surface area contributed by atoms with Gasteiger partial charge in [0.2, 0.25) is 0 Å². The molecular formula is C12H5BrF3. The molecule has 0 amide bonds. The van der Waals surface area contributed by atoms with Gasteiger partial charge in [0.05, 0.1) is 5.56 Å². The van der Waals surface area contributed by atoms with Gasteiger partial charge in [0, 0.05) is 16.1 Å². The molecule has 0 saturated carbocycles. The highest BCUT2D eigenvalue weighted by atomic mass is 79.9. The molecule has 0 saturated heterocycles. The summed E-state index contributed by atoms with van der Waals surface area (Å²) in [5.74, 6) is -1.98. The fourth-order valence-corrected chi connectivity index (χ4v) is 1.91. The minimum Gasteiger partial charge on any atom is -0.206 e. The summed E-state index contributed by atoms with van der Waals surface area (Å²) >= 11 is 3.02. The molecule has 1 radical (unpaired) electrons. The first kappa shape index (κ1) is 11.2. The van der Waals surface area contributed by atoms with Crippen molar-refractivity contribution in [2.24, 2.45) is 0 Å². The molecule has 2 rings (SSSR count). The van der Waals surface area contributed by atoms with E-state index in [-0.39, 0.29) is 15.6 Å². The number of benzene rings is 2. The normalized spacial score (nSPS) is 10.5. The smallest absolute Gasteiger partial charge is 0.134 e. The van der Waals surface area contributed by atoms with Crippen LogP contribution in [-0.4, -0.2) is 0 Å². The summed E-state index contributed by atoms with van der Waals surface area (Å²) in [6, 6.07) is 8.28. The van der Waals surface area contributed by atoms with Gasteiger partial charge in [-0.1, -0.05) is 12.1 Å². The summed E-state index contributed by atoms with van der Waals surface area (Å²) in [5.41, 5.74) is 0.0441. The molecular weight excluding hydrogens is 281 g/mol. The second kappa shape index (κ2) is 4.29. The summed E-state index contributed by atoms with van der Waals surface area (Å²) < 4.78 is 39.9. The third-order valence-electron chi connectivity index (χ3n) is 2.09. The van der Waals surface area contributed by atoms with E-state index in [9.17, 15) is 13.2 Å². The predicted molar refractivity (Wildman–Crippen MR) is 58.3 cm³/mol. The van der Waals surface area contributed by atoms with E-state index < -0.39 is 17.5 Å². The van der Waals surface area contributed by atoms with Crippen LogP contribution in [0.15, 0.2) is 34.8 Å². The van der Waals surface area contributed by atoms with Crippen molar-refractivity contribution in [1.29, 1.82) is 0 Å². The lowest BCUT2D eigenvalue weighted by molar-refractivity contribution is 0.589. The van der Waals surface area contributed by atoms with Gasteiger partial charge in [-0.2, -0.15) is 0 Å². The van der Waals surface area contributed by atoms with E-state index in [1.54, 1.807) is 0 Å². The minimum atomic E-state index is -0.694. The van der Waals surface area contributed by atoms with E-state index in [0.29, 0.717) is 0 Å². The van der Waals surface area contributed by atoms with Crippen molar-refractivity contribution in [2.75, 3.05) is 0 Å². The van der Waals surface area contributed by atoms with Crippen LogP contribution >= 0.6 is 15.9 Å². The predicted octanol–water partition coefficient (Wildman–Crippen LogP) is 4.33. The molecule has 2 aromatic carbocycles. The summed E-state index contributed by atoms with van der Waals surface area (Å²) in [6.07, 6.45) is 0. The first-order chi connectivity index (χ1) is 7.59. The molecule has 2 aromatic rings. The summed E-state index contributed by atoms with van der Waals surface area (Å²) in [7, 11) is 0. The second-order valence-electron chi connectivity index (χ2n) is 3.13. The van der Waals surface area contributed by atoms with Crippen LogP contribution < -0.4 is 0 Å². The highest BCUT2D eigenvalue weighted by molar-refractivity contribution is 9.10. The van der Waals surface area contributed by atoms with Crippen molar-refractivity contribution in [3.8, 4) is 11.1 Å². The summed E-state index contributed by atoms with van der Waals surface area (Å²) in [5, 5.41) is 0. The lowest BCUT2D eigenvalue weighted by Gasteiger charge is -2.06. The molecule has 0 aliphatic carbocycles. The third-order valence-corrected chi connectivity index (χ3v) is 2.72. The van der Waals surface area contributed by atoms with Gasteiger partial charge in [-0.15, -0.1) is 0 Å². The fourth-order valence-electron chi connectivity index (χ4n) is 1.39. The number of hydrogen-bond donors (Lipinski definition) is 0. The van der Waals surface area contributed by atoms with Gasteiger partial charge < -0.3 is 0 Å². The molecule has 81 valence electrons. The van der Waals surface area contributed by atoms with Crippen LogP contribution in [0.1, 0.15) is 0 Å². The third kappa shape index (κ3) is 1.97. The van der Waals surface area contributed by atoms with E-state index >= 15 is 0 Å². The maximum atomic E-state index is 13.4. The van der Waals surface area contributed by atoms with Crippen molar-refractivity contribution in [1.82, 2.24) is 0 Å². The van der Waals surface area contributed by atoms with Gasteiger partial charge in [0.1, 0.15) is 17.5 Å². The zero-order valence-corrected chi connectivity index (χ0v) is 9.48. The molecule has 4 heteroatoms. The van der Waals surface area contributed by atoms with Crippen molar-refractivity contribution in [3.05, 3.63) is 58.3 Å². The Bertz CT molecular complexity index is 518. The van der Waals surface area contributed by atoms with Gasteiger partial charge in [0.25, 0.3) is 0 Å². The Morgan fingerprint density at radius 3 is 2.12 bits per heavy atom. The number of halogens is 4. The standard InChI is InChI=1S/C12H5BrF3/c13-9-6-7(14)4-5-8(9)12-10(15)2-1-3-11(12)16/h1-5H. The van der Waals surface area contributed by atoms with Crippen molar-refractivity contribution < 1.29 is 13.2 Å². The molecule has 0 aliphatic heterocycles. The quantitative estimate of drug-likeness (QED) is 0.731. The average Bonchev–Trinajstić information content (AvgIpc) is 2.20. The Hall–Kier alpha value is -1.29. The molecule has 0 atom stereocenters. The van der Waals surface area contributed by atoms with Crippen molar-refractivity contribution in [3.63, 3.8) is 0 Å². The lowest BCUT2D eigenvalue weighted by Crippen LogP contribution is -1.91. The highest BCUT2D eigenvalue weighted by Gasteiger charge is 2.14. The Morgan fingerprint density at radius 2 is 1.56 bits per heavy atom. The highest BCUT2D eigenvalue weighted by Crippen LogP contribution is 2.32. The number of hydrogen-bond acceptors (Lipinski definition) is 0. The van der Waals surface area contributed by atoms with Crippen LogP contribution in [0.2, 0.25) is 0 Å². The molecule has 0 heterocycles. The fraction of sp³-hybridized carbons (Fsp3) is 0. The number of rotatable bonds is 1. The second-order valence-corrected chi connectivity index (χ2v) is 3.92. The first-order valence-corrected chi connectivity index (χ1v) is 5.20. The molecule has 0 aromatic heterocycles. The summed E-state index contributed by atoms with van der Waals surface area (Å²) in [4.78, 5) is 0. The largest absolute Gasteiger partial charge is 0.206 e. The van der Waals surface area contributed by atoms with Gasteiger partial charge in [-0.3, -0.25) is 0 Å². The van der Waals surface area contributed by atoms with Crippen molar-refractivity contribution >= 4 is 15.9 Å². The maximum absolute atomic E-state index is 13.4. The van der Waals surface area contributed by atoms with Crippen molar-refractivity contribution in [2.45, 2.75) is 0 Å². The summed E-state index contributed by atoms with van der Waals surface area (Å²) in [6.45, 7) is 0. The Morgan fingerprint density at radius 1 is 0.938 bits per heavy atom. The molecule has 0 spiro atoms. The molecule has 0 bridgehead atoms. The van der Waals surface area contributed by atoms with Gasteiger partial charge in [-0.05, 0) is 34.1 Å². The van der Waals surface area contributed by atoms with Crippen LogP contribution in [0, 0.1) is 23.5 Å². The molecule has 0 fully saturated rings.